The van der Waals surface area contributed by atoms with Gasteiger partial charge < -0.3 is 23.9 Å². The molecule has 0 aliphatic rings. The average molecular weight is 417 g/mol. The molecule has 8 heteroatoms. The fourth-order valence-corrected chi connectivity index (χ4v) is 2.95. The number of benzene rings is 2. The van der Waals surface area contributed by atoms with Crippen LogP contribution in [0, 0.1) is 0 Å². The quantitative estimate of drug-likeness (QED) is 0.564. The zero-order chi connectivity index (χ0) is 20.8. The molecule has 7 nitrogen and oxygen atoms in total. The minimum Gasteiger partial charge on any atom is -0.493 e. The van der Waals surface area contributed by atoms with Crippen LogP contribution in [0.4, 0.5) is 0 Å². The molecule has 0 saturated carbocycles. The van der Waals surface area contributed by atoms with Gasteiger partial charge in [-0.3, -0.25) is 4.79 Å². The first-order chi connectivity index (χ1) is 14.0. The van der Waals surface area contributed by atoms with Gasteiger partial charge in [0.2, 0.25) is 0 Å². The maximum Gasteiger partial charge on any atom is 0.259 e. The Hall–Kier alpha value is -3.03. The lowest BCUT2D eigenvalue weighted by Gasteiger charge is -2.09. The number of H-pyrrole nitrogens is 1. The number of ether oxygens (including phenoxy) is 4. The summed E-state index contributed by atoms with van der Waals surface area (Å²) in [4.78, 5) is 19.7. The molecule has 0 saturated heterocycles. The van der Waals surface area contributed by atoms with Crippen LogP contribution < -0.4 is 19.8 Å². The van der Waals surface area contributed by atoms with Crippen LogP contribution in [0.5, 0.6) is 17.2 Å². The molecule has 0 radical (unpaired) electrons. The predicted octanol–water partition coefficient (Wildman–Crippen LogP) is 3.70. The Morgan fingerprint density at radius 2 is 1.86 bits per heavy atom. The van der Waals surface area contributed by atoms with Crippen molar-refractivity contribution < 1.29 is 18.9 Å². The van der Waals surface area contributed by atoms with Crippen molar-refractivity contribution in [1.29, 1.82) is 0 Å². The highest BCUT2D eigenvalue weighted by Crippen LogP contribution is 2.30. The predicted molar refractivity (Wildman–Crippen MR) is 113 cm³/mol. The van der Waals surface area contributed by atoms with Gasteiger partial charge in [0.25, 0.3) is 5.56 Å². The van der Waals surface area contributed by atoms with Crippen LogP contribution in [-0.2, 0) is 4.74 Å². The summed E-state index contributed by atoms with van der Waals surface area (Å²) in [6.45, 7) is 0.944. The summed E-state index contributed by atoms with van der Waals surface area (Å²) in [5.74, 6) is 1.87. The van der Waals surface area contributed by atoms with Crippen molar-refractivity contribution in [3.05, 3.63) is 58.1 Å². The van der Waals surface area contributed by atoms with Crippen LogP contribution in [0.2, 0.25) is 0 Å². The van der Waals surface area contributed by atoms with Gasteiger partial charge in [0, 0.05) is 13.2 Å². The zero-order valence-electron chi connectivity index (χ0n) is 16.3. The van der Waals surface area contributed by atoms with E-state index in [2.05, 4.69) is 9.97 Å². The maximum atomic E-state index is 12.5. The highest BCUT2D eigenvalue weighted by molar-refractivity contribution is 6.50. The van der Waals surface area contributed by atoms with E-state index in [9.17, 15) is 4.79 Å². The number of methoxy groups -OCH3 is 3. The van der Waals surface area contributed by atoms with E-state index in [1.54, 1.807) is 25.3 Å². The van der Waals surface area contributed by atoms with E-state index >= 15 is 0 Å². The second-order valence-corrected chi connectivity index (χ2v) is 6.45. The van der Waals surface area contributed by atoms with E-state index in [0.717, 1.165) is 5.56 Å². The standard InChI is InChI=1S/C21H21ClN2O5/c1-26-7-8-29-14-6-4-5-13(9-14)10-16(22)20-23-17-12-19(28-3)18(27-2)11-15(17)21(25)24-20/h4-6,9-12H,7-8H2,1-3H3,(H,23,24,25)/b16-10-. The van der Waals surface area contributed by atoms with Gasteiger partial charge in [0.15, 0.2) is 17.3 Å². The number of fused-ring (bicyclic) bond motifs is 1. The molecular formula is C21H21ClN2O5. The normalized spacial score (nSPS) is 11.5. The fourth-order valence-electron chi connectivity index (χ4n) is 2.73. The second kappa shape index (κ2) is 9.45. The number of nitrogens with one attached hydrogen (secondary N) is 1. The number of halogens is 1. The molecule has 0 amide bonds. The Morgan fingerprint density at radius 1 is 1.10 bits per heavy atom. The van der Waals surface area contributed by atoms with Crippen molar-refractivity contribution in [2.45, 2.75) is 0 Å². The third kappa shape index (κ3) is 4.88. The fraction of sp³-hybridized carbons (Fsp3) is 0.238. The van der Waals surface area contributed by atoms with Gasteiger partial charge in [0.1, 0.15) is 12.4 Å². The van der Waals surface area contributed by atoms with E-state index < -0.39 is 0 Å². The molecular weight excluding hydrogens is 396 g/mol. The highest BCUT2D eigenvalue weighted by Gasteiger charge is 2.12. The molecule has 29 heavy (non-hydrogen) atoms. The van der Waals surface area contributed by atoms with Crippen molar-refractivity contribution >= 4 is 33.6 Å². The molecule has 1 N–H and O–H groups in total. The molecule has 152 valence electrons. The summed E-state index contributed by atoms with van der Waals surface area (Å²) >= 11 is 6.44. The van der Waals surface area contributed by atoms with Gasteiger partial charge in [-0.2, -0.15) is 0 Å². The smallest absolute Gasteiger partial charge is 0.259 e. The number of hydrogen-bond donors (Lipinski definition) is 1. The highest BCUT2D eigenvalue weighted by atomic mass is 35.5. The topological polar surface area (TPSA) is 82.7 Å². The Labute approximate surface area is 172 Å². The summed E-state index contributed by atoms with van der Waals surface area (Å²) in [6, 6.07) is 10.6. The molecule has 2 aromatic carbocycles. The summed E-state index contributed by atoms with van der Waals surface area (Å²) < 4.78 is 21.1. The Bertz CT molecular complexity index is 1090. The van der Waals surface area contributed by atoms with Gasteiger partial charge in [-0.05, 0) is 29.8 Å². The van der Waals surface area contributed by atoms with Gasteiger partial charge in [-0.15, -0.1) is 0 Å². The molecule has 0 unspecified atom stereocenters. The van der Waals surface area contributed by atoms with E-state index in [4.69, 9.17) is 30.5 Å². The summed E-state index contributed by atoms with van der Waals surface area (Å²) in [7, 11) is 4.64. The van der Waals surface area contributed by atoms with E-state index in [1.807, 2.05) is 24.3 Å². The summed E-state index contributed by atoms with van der Waals surface area (Å²) in [5.41, 5.74) is 0.929. The van der Waals surface area contributed by atoms with Crippen LogP contribution in [0.15, 0.2) is 41.2 Å². The molecule has 0 aliphatic heterocycles. The largest absolute Gasteiger partial charge is 0.493 e. The number of aromatic amines is 1. The molecule has 0 aliphatic carbocycles. The van der Waals surface area contributed by atoms with Crippen molar-refractivity contribution in [2.24, 2.45) is 0 Å². The number of rotatable bonds is 8. The number of hydrogen-bond acceptors (Lipinski definition) is 6. The minimum absolute atomic E-state index is 0.252. The van der Waals surface area contributed by atoms with E-state index in [1.165, 1.54) is 14.2 Å². The van der Waals surface area contributed by atoms with Crippen molar-refractivity contribution in [3.8, 4) is 17.2 Å². The van der Waals surface area contributed by atoms with Gasteiger partial charge in [-0.25, -0.2) is 4.98 Å². The summed E-state index contributed by atoms with van der Waals surface area (Å²) in [6.07, 6.45) is 1.70. The average Bonchev–Trinajstić information content (AvgIpc) is 2.73. The van der Waals surface area contributed by atoms with E-state index in [-0.39, 0.29) is 16.4 Å². The molecule has 3 aromatic rings. The Balaban J connectivity index is 1.95. The molecule has 3 rings (SSSR count). The molecule has 0 spiro atoms. The van der Waals surface area contributed by atoms with Crippen LogP contribution in [0.3, 0.4) is 0 Å². The van der Waals surface area contributed by atoms with Gasteiger partial charge in [-0.1, -0.05) is 23.7 Å². The molecule has 0 bridgehead atoms. The summed E-state index contributed by atoms with van der Waals surface area (Å²) in [5, 5.41) is 0.664. The Kier molecular flexibility index (Phi) is 6.74. The lowest BCUT2D eigenvalue weighted by molar-refractivity contribution is 0.146. The van der Waals surface area contributed by atoms with Crippen LogP contribution in [0.1, 0.15) is 11.4 Å². The first kappa shape index (κ1) is 20.7. The number of nitrogens with zero attached hydrogens (tertiary/aromatic N) is 1. The van der Waals surface area contributed by atoms with Crippen LogP contribution in [-0.4, -0.2) is 44.5 Å². The lowest BCUT2D eigenvalue weighted by Crippen LogP contribution is -2.11. The molecule has 1 heterocycles. The third-order valence-electron chi connectivity index (χ3n) is 4.14. The molecule has 0 fully saturated rings. The maximum absolute atomic E-state index is 12.5. The van der Waals surface area contributed by atoms with Crippen molar-refractivity contribution in [2.75, 3.05) is 34.5 Å². The zero-order valence-corrected chi connectivity index (χ0v) is 17.1. The van der Waals surface area contributed by atoms with Gasteiger partial charge in [0.05, 0.1) is 36.8 Å². The van der Waals surface area contributed by atoms with Crippen LogP contribution in [0.25, 0.3) is 22.0 Å². The van der Waals surface area contributed by atoms with E-state index in [0.29, 0.717) is 41.4 Å². The second-order valence-electron chi connectivity index (χ2n) is 6.04. The SMILES string of the molecule is COCCOc1cccc(/C=C(\Cl)c2nc3cc(OC)c(OC)cc3c(=O)[nH]2)c1. The third-order valence-corrected chi connectivity index (χ3v) is 4.43. The lowest BCUT2D eigenvalue weighted by atomic mass is 10.2. The first-order valence-corrected chi connectivity index (χ1v) is 9.19. The monoisotopic (exact) mass is 416 g/mol. The minimum atomic E-state index is -0.325. The van der Waals surface area contributed by atoms with Gasteiger partial charge >= 0.3 is 0 Å². The molecule has 0 atom stereocenters. The first-order valence-electron chi connectivity index (χ1n) is 8.81. The van der Waals surface area contributed by atoms with Crippen molar-refractivity contribution in [3.63, 3.8) is 0 Å². The van der Waals surface area contributed by atoms with Crippen molar-refractivity contribution in [1.82, 2.24) is 9.97 Å². The van der Waals surface area contributed by atoms with Crippen LogP contribution >= 0.6 is 11.6 Å². The Morgan fingerprint density at radius 3 is 2.59 bits per heavy atom. The number of aromatic nitrogens is 2. The molecule has 1 aromatic heterocycles.